The second-order valence-corrected chi connectivity index (χ2v) is 6.89. The van der Waals surface area contributed by atoms with Gasteiger partial charge in [0.25, 0.3) is 0 Å². The number of carbonyl (C=O) groups is 1. The molecule has 1 saturated heterocycles. The average molecular weight is 366 g/mol. The van der Waals surface area contributed by atoms with Crippen LogP contribution in [-0.2, 0) is 0 Å². The van der Waals surface area contributed by atoms with Crippen LogP contribution in [0.25, 0.3) is 11.3 Å². The third-order valence-electron chi connectivity index (χ3n) is 4.45. The maximum Gasteiger partial charge on any atom is 0.323 e. The molecule has 7 nitrogen and oxygen atoms in total. The number of rotatable bonds is 3. The van der Waals surface area contributed by atoms with Gasteiger partial charge in [0.1, 0.15) is 5.82 Å². The maximum absolute atomic E-state index is 12.3. The zero-order chi connectivity index (χ0) is 17.8. The molecule has 0 aromatic carbocycles. The Kier molecular flexibility index (Phi) is 4.83. The number of anilines is 1. The minimum Gasteiger partial charge on any atom is -0.324 e. The number of urea groups is 1. The highest BCUT2D eigenvalue weighted by atomic mass is 32.1. The number of aromatic nitrogens is 4. The van der Waals surface area contributed by atoms with Gasteiger partial charge in [0, 0.05) is 42.3 Å². The summed E-state index contributed by atoms with van der Waals surface area (Å²) in [4.78, 5) is 23.3. The lowest BCUT2D eigenvalue weighted by Crippen LogP contribution is -2.41. The molecule has 26 heavy (non-hydrogen) atoms. The van der Waals surface area contributed by atoms with E-state index < -0.39 is 0 Å². The number of piperidine rings is 1. The lowest BCUT2D eigenvalue weighted by atomic mass is 9.96. The maximum atomic E-state index is 12.3. The SMILES string of the molecule is O=C(Nc1cccnn1)N1CCC(c2nccc(-c3ccsc3)n2)CC1. The van der Waals surface area contributed by atoms with Crippen molar-refractivity contribution in [2.45, 2.75) is 18.8 Å². The topological polar surface area (TPSA) is 83.9 Å². The summed E-state index contributed by atoms with van der Waals surface area (Å²) in [6, 6.07) is 7.33. The van der Waals surface area contributed by atoms with E-state index in [9.17, 15) is 4.79 Å². The highest BCUT2D eigenvalue weighted by molar-refractivity contribution is 7.08. The van der Waals surface area contributed by atoms with Crippen molar-refractivity contribution < 1.29 is 4.79 Å². The number of nitrogens with one attached hydrogen (secondary N) is 1. The highest BCUT2D eigenvalue weighted by Gasteiger charge is 2.26. The average Bonchev–Trinajstić information content (AvgIpc) is 3.24. The fourth-order valence-corrected chi connectivity index (χ4v) is 3.69. The van der Waals surface area contributed by atoms with Crippen LogP contribution >= 0.6 is 11.3 Å². The summed E-state index contributed by atoms with van der Waals surface area (Å²) in [6.45, 7) is 1.34. The summed E-state index contributed by atoms with van der Waals surface area (Å²) in [6.07, 6.45) is 5.09. The van der Waals surface area contributed by atoms with Crippen molar-refractivity contribution in [3.63, 3.8) is 0 Å². The Morgan fingerprint density at radius 2 is 2.08 bits per heavy atom. The fourth-order valence-electron chi connectivity index (χ4n) is 3.04. The van der Waals surface area contributed by atoms with E-state index in [0.717, 1.165) is 29.9 Å². The molecule has 0 saturated carbocycles. The third-order valence-corrected chi connectivity index (χ3v) is 5.13. The number of hydrogen-bond donors (Lipinski definition) is 1. The molecule has 2 amide bonds. The molecule has 3 aromatic rings. The van der Waals surface area contributed by atoms with Gasteiger partial charge in [-0.15, -0.1) is 5.10 Å². The first-order chi connectivity index (χ1) is 12.8. The Morgan fingerprint density at radius 1 is 1.19 bits per heavy atom. The molecule has 0 bridgehead atoms. The van der Waals surface area contributed by atoms with Gasteiger partial charge in [-0.05, 0) is 42.5 Å². The third kappa shape index (κ3) is 3.70. The Morgan fingerprint density at radius 3 is 2.81 bits per heavy atom. The van der Waals surface area contributed by atoms with Crippen LogP contribution in [0.15, 0.2) is 47.4 Å². The van der Waals surface area contributed by atoms with Crippen LogP contribution in [0.1, 0.15) is 24.6 Å². The summed E-state index contributed by atoms with van der Waals surface area (Å²) in [5, 5.41) is 14.6. The van der Waals surface area contributed by atoms with E-state index >= 15 is 0 Å². The first-order valence-electron chi connectivity index (χ1n) is 8.49. The van der Waals surface area contributed by atoms with Gasteiger partial charge >= 0.3 is 6.03 Å². The van der Waals surface area contributed by atoms with Crippen LogP contribution in [0, 0.1) is 0 Å². The van der Waals surface area contributed by atoms with Crippen molar-refractivity contribution in [1.82, 2.24) is 25.1 Å². The van der Waals surface area contributed by atoms with Crippen molar-refractivity contribution in [3.05, 3.63) is 53.2 Å². The first kappa shape index (κ1) is 16.6. The van der Waals surface area contributed by atoms with Gasteiger partial charge < -0.3 is 4.90 Å². The summed E-state index contributed by atoms with van der Waals surface area (Å²) >= 11 is 1.66. The quantitative estimate of drug-likeness (QED) is 0.768. The van der Waals surface area contributed by atoms with Crippen molar-refractivity contribution in [2.24, 2.45) is 0 Å². The lowest BCUT2D eigenvalue weighted by Gasteiger charge is -2.31. The van der Waals surface area contributed by atoms with Gasteiger partial charge in [-0.25, -0.2) is 14.8 Å². The molecule has 4 heterocycles. The largest absolute Gasteiger partial charge is 0.324 e. The standard InChI is InChI=1S/C18H18N6OS/c25-18(22-16-2-1-7-20-23-16)24-9-4-13(5-10-24)17-19-8-3-15(21-17)14-6-11-26-12-14/h1-3,6-8,11-13H,4-5,9-10H2,(H,22,23,25). The van der Waals surface area contributed by atoms with E-state index in [1.54, 1.807) is 34.6 Å². The minimum atomic E-state index is -0.142. The van der Waals surface area contributed by atoms with Gasteiger partial charge in [0.2, 0.25) is 0 Å². The zero-order valence-electron chi connectivity index (χ0n) is 14.1. The molecule has 0 aliphatic carbocycles. The van der Waals surface area contributed by atoms with Gasteiger partial charge in [-0.2, -0.15) is 16.4 Å². The Balaban J connectivity index is 1.38. The number of amides is 2. The zero-order valence-corrected chi connectivity index (χ0v) is 14.9. The van der Waals surface area contributed by atoms with Crippen LogP contribution in [0.4, 0.5) is 10.6 Å². The smallest absolute Gasteiger partial charge is 0.323 e. The summed E-state index contributed by atoms with van der Waals surface area (Å²) in [5.41, 5.74) is 2.08. The van der Waals surface area contributed by atoms with Gasteiger partial charge in [0.05, 0.1) is 5.69 Å². The molecule has 132 valence electrons. The predicted octanol–water partition coefficient (Wildman–Crippen LogP) is 3.41. The van der Waals surface area contributed by atoms with Crippen molar-refractivity contribution in [2.75, 3.05) is 18.4 Å². The van der Waals surface area contributed by atoms with Crippen LogP contribution in [0.3, 0.4) is 0 Å². The monoisotopic (exact) mass is 366 g/mol. The van der Waals surface area contributed by atoms with Crippen molar-refractivity contribution in [1.29, 1.82) is 0 Å². The predicted molar refractivity (Wildman–Crippen MR) is 99.9 cm³/mol. The molecular weight excluding hydrogens is 348 g/mol. The van der Waals surface area contributed by atoms with E-state index in [1.807, 2.05) is 17.6 Å². The molecule has 4 rings (SSSR count). The normalized spacial score (nSPS) is 15.0. The van der Waals surface area contributed by atoms with Crippen LogP contribution < -0.4 is 5.32 Å². The molecule has 0 unspecified atom stereocenters. The number of carbonyl (C=O) groups excluding carboxylic acids is 1. The number of likely N-dealkylation sites (tertiary alicyclic amines) is 1. The molecule has 8 heteroatoms. The second kappa shape index (κ2) is 7.57. The molecule has 1 aliphatic heterocycles. The van der Waals surface area contributed by atoms with E-state index in [1.165, 1.54) is 0 Å². The number of hydrogen-bond acceptors (Lipinski definition) is 6. The van der Waals surface area contributed by atoms with Crippen LogP contribution in [0.2, 0.25) is 0 Å². The van der Waals surface area contributed by atoms with Crippen molar-refractivity contribution in [3.8, 4) is 11.3 Å². The van der Waals surface area contributed by atoms with Gasteiger partial charge in [0.15, 0.2) is 5.82 Å². The highest BCUT2D eigenvalue weighted by Crippen LogP contribution is 2.28. The Bertz CT molecular complexity index is 862. The van der Waals surface area contributed by atoms with Gasteiger partial charge in [-0.3, -0.25) is 5.32 Å². The lowest BCUT2D eigenvalue weighted by molar-refractivity contribution is 0.193. The molecule has 1 aliphatic rings. The minimum absolute atomic E-state index is 0.142. The van der Waals surface area contributed by atoms with E-state index in [-0.39, 0.29) is 11.9 Å². The Labute approximate surface area is 155 Å². The second-order valence-electron chi connectivity index (χ2n) is 6.11. The summed E-state index contributed by atoms with van der Waals surface area (Å²) in [7, 11) is 0. The molecule has 1 fully saturated rings. The number of thiophene rings is 1. The van der Waals surface area contributed by atoms with Gasteiger partial charge in [-0.1, -0.05) is 0 Å². The molecule has 0 spiro atoms. The molecule has 0 atom stereocenters. The number of nitrogens with zero attached hydrogens (tertiary/aromatic N) is 5. The molecule has 3 aromatic heterocycles. The van der Waals surface area contributed by atoms with E-state index in [4.69, 9.17) is 4.98 Å². The molecule has 0 radical (unpaired) electrons. The molecular formula is C18H18N6OS. The van der Waals surface area contributed by atoms with Crippen LogP contribution in [-0.4, -0.2) is 44.2 Å². The van der Waals surface area contributed by atoms with Crippen LogP contribution in [0.5, 0.6) is 0 Å². The van der Waals surface area contributed by atoms with E-state index in [2.05, 4.69) is 31.9 Å². The molecule has 1 N–H and O–H groups in total. The fraction of sp³-hybridized carbons (Fsp3) is 0.278. The first-order valence-corrected chi connectivity index (χ1v) is 9.43. The van der Waals surface area contributed by atoms with E-state index in [0.29, 0.717) is 18.9 Å². The Hall–Kier alpha value is -2.87. The summed E-state index contributed by atoms with van der Waals surface area (Å²) in [5.74, 6) is 1.60. The van der Waals surface area contributed by atoms with Crippen molar-refractivity contribution >= 4 is 23.2 Å². The summed E-state index contributed by atoms with van der Waals surface area (Å²) < 4.78 is 0.